The monoisotopic (exact) mass is 362 g/mol. The summed E-state index contributed by atoms with van der Waals surface area (Å²) in [5, 5.41) is 3.13. The quantitative estimate of drug-likeness (QED) is 0.862. The van der Waals surface area contributed by atoms with Crippen LogP contribution in [0.1, 0.15) is 25.1 Å². The van der Waals surface area contributed by atoms with Crippen molar-refractivity contribution >= 4 is 15.9 Å². The van der Waals surface area contributed by atoms with Crippen LogP contribution < -0.4 is 5.32 Å². The van der Waals surface area contributed by atoms with Crippen LogP contribution in [0.15, 0.2) is 33.4 Å². The number of aromatic nitrogens is 1. The molecule has 0 radical (unpaired) electrons. The third-order valence-corrected chi connectivity index (χ3v) is 3.25. The highest BCUT2D eigenvalue weighted by Crippen LogP contribution is 2.38. The largest absolute Gasteiger partial charge is 0.444 e. The molecule has 1 N–H and O–H groups in total. The minimum Gasteiger partial charge on any atom is -0.444 e. The maximum Gasteiger partial charge on any atom is 0.417 e. The third kappa shape index (κ3) is 4.07. The van der Waals surface area contributed by atoms with Crippen LogP contribution in [-0.2, 0) is 12.7 Å². The second-order valence-electron chi connectivity index (χ2n) is 4.87. The fourth-order valence-corrected chi connectivity index (χ4v) is 2.12. The van der Waals surface area contributed by atoms with E-state index in [4.69, 9.17) is 4.42 Å². The molecular formula is C14H14BrF3N2O. The Kier molecular flexibility index (Phi) is 4.73. The molecular weight excluding hydrogens is 349 g/mol. The van der Waals surface area contributed by atoms with E-state index in [1.165, 1.54) is 18.4 Å². The fraction of sp³-hybridized carbons (Fsp3) is 0.357. The van der Waals surface area contributed by atoms with Gasteiger partial charge in [-0.15, -0.1) is 0 Å². The standard InChI is InChI=1S/C14H14BrF3N2O/c1-8(2)19-6-10-7-21-13(20-10)11-4-3-9(15)5-12(11)14(16,17)18/h3-5,7-8,19H,6H2,1-2H3. The van der Waals surface area contributed by atoms with Gasteiger partial charge >= 0.3 is 6.18 Å². The molecule has 0 bridgehead atoms. The summed E-state index contributed by atoms with van der Waals surface area (Å²) in [5.74, 6) is -0.0321. The smallest absolute Gasteiger partial charge is 0.417 e. The molecule has 1 aromatic carbocycles. The van der Waals surface area contributed by atoms with Gasteiger partial charge in [-0.2, -0.15) is 13.2 Å². The molecule has 1 heterocycles. The average molecular weight is 363 g/mol. The minimum absolute atomic E-state index is 0.0321. The molecule has 114 valence electrons. The van der Waals surface area contributed by atoms with Crippen molar-refractivity contribution in [1.29, 1.82) is 0 Å². The predicted octanol–water partition coefficient (Wildman–Crippen LogP) is 4.62. The maximum atomic E-state index is 13.1. The fourth-order valence-electron chi connectivity index (χ4n) is 1.76. The second-order valence-corrected chi connectivity index (χ2v) is 5.78. The van der Waals surface area contributed by atoms with E-state index in [0.717, 1.165) is 6.07 Å². The first-order chi connectivity index (χ1) is 9.77. The Morgan fingerprint density at radius 2 is 2.05 bits per heavy atom. The van der Waals surface area contributed by atoms with E-state index < -0.39 is 11.7 Å². The van der Waals surface area contributed by atoms with Gasteiger partial charge in [-0.25, -0.2) is 4.98 Å². The van der Waals surface area contributed by atoms with E-state index in [0.29, 0.717) is 16.7 Å². The van der Waals surface area contributed by atoms with E-state index in [2.05, 4.69) is 26.2 Å². The highest BCUT2D eigenvalue weighted by atomic mass is 79.9. The van der Waals surface area contributed by atoms with Crippen molar-refractivity contribution in [2.24, 2.45) is 0 Å². The summed E-state index contributed by atoms with van der Waals surface area (Å²) in [6.45, 7) is 4.38. The summed E-state index contributed by atoms with van der Waals surface area (Å²) < 4.78 is 44.8. The zero-order chi connectivity index (χ0) is 15.6. The maximum absolute atomic E-state index is 13.1. The molecule has 0 unspecified atom stereocenters. The molecule has 0 fully saturated rings. The molecule has 0 aliphatic rings. The summed E-state index contributed by atoms with van der Waals surface area (Å²) in [6.07, 6.45) is -3.10. The van der Waals surface area contributed by atoms with E-state index >= 15 is 0 Å². The van der Waals surface area contributed by atoms with Crippen LogP contribution in [0.4, 0.5) is 13.2 Å². The van der Waals surface area contributed by atoms with Crippen LogP contribution in [0.25, 0.3) is 11.5 Å². The zero-order valence-electron chi connectivity index (χ0n) is 11.5. The van der Waals surface area contributed by atoms with Gasteiger partial charge in [-0.1, -0.05) is 29.8 Å². The predicted molar refractivity (Wildman–Crippen MR) is 76.6 cm³/mol. The number of alkyl halides is 3. The van der Waals surface area contributed by atoms with Gasteiger partial charge in [0.1, 0.15) is 6.26 Å². The number of rotatable bonds is 4. The minimum atomic E-state index is -4.47. The molecule has 0 saturated carbocycles. The Bertz CT molecular complexity index is 623. The van der Waals surface area contributed by atoms with E-state index in [1.807, 2.05) is 13.8 Å². The van der Waals surface area contributed by atoms with Gasteiger partial charge in [-0.3, -0.25) is 0 Å². The van der Waals surface area contributed by atoms with Crippen LogP contribution in [0.2, 0.25) is 0 Å². The molecule has 2 aromatic rings. The van der Waals surface area contributed by atoms with Crippen LogP contribution in [0.3, 0.4) is 0 Å². The number of halogens is 4. The summed E-state index contributed by atoms with van der Waals surface area (Å²) in [5.41, 5.74) is -0.279. The van der Waals surface area contributed by atoms with E-state index in [9.17, 15) is 13.2 Å². The lowest BCUT2D eigenvalue weighted by Gasteiger charge is -2.10. The first-order valence-corrected chi connectivity index (χ1v) is 7.11. The molecule has 7 heteroatoms. The number of nitrogens with zero attached hydrogens (tertiary/aromatic N) is 1. The second kappa shape index (κ2) is 6.19. The van der Waals surface area contributed by atoms with Crippen molar-refractivity contribution in [2.45, 2.75) is 32.6 Å². The Morgan fingerprint density at radius 3 is 2.67 bits per heavy atom. The number of hydrogen-bond acceptors (Lipinski definition) is 3. The van der Waals surface area contributed by atoms with Gasteiger partial charge in [0.05, 0.1) is 11.3 Å². The molecule has 0 saturated heterocycles. The third-order valence-electron chi connectivity index (χ3n) is 2.76. The summed E-state index contributed by atoms with van der Waals surface area (Å²) in [7, 11) is 0. The van der Waals surface area contributed by atoms with Crippen molar-refractivity contribution in [1.82, 2.24) is 10.3 Å². The molecule has 0 aliphatic carbocycles. The van der Waals surface area contributed by atoms with E-state index in [1.54, 1.807) is 0 Å². The Hall–Kier alpha value is -1.34. The normalized spacial score (nSPS) is 12.1. The van der Waals surface area contributed by atoms with E-state index in [-0.39, 0.29) is 17.5 Å². The number of benzene rings is 1. The van der Waals surface area contributed by atoms with Crippen molar-refractivity contribution in [3.8, 4) is 11.5 Å². The summed E-state index contributed by atoms with van der Waals surface area (Å²) in [4.78, 5) is 4.11. The van der Waals surface area contributed by atoms with Crippen LogP contribution >= 0.6 is 15.9 Å². The number of hydrogen-bond donors (Lipinski definition) is 1. The van der Waals surface area contributed by atoms with Gasteiger partial charge in [0.2, 0.25) is 5.89 Å². The van der Waals surface area contributed by atoms with Crippen LogP contribution in [0, 0.1) is 0 Å². The van der Waals surface area contributed by atoms with Crippen LogP contribution in [0.5, 0.6) is 0 Å². The average Bonchev–Trinajstić information content (AvgIpc) is 2.84. The Balaban J connectivity index is 2.34. The van der Waals surface area contributed by atoms with Crippen molar-refractivity contribution in [2.75, 3.05) is 0 Å². The molecule has 21 heavy (non-hydrogen) atoms. The highest BCUT2D eigenvalue weighted by Gasteiger charge is 2.35. The number of oxazole rings is 1. The van der Waals surface area contributed by atoms with Crippen molar-refractivity contribution in [3.05, 3.63) is 40.2 Å². The number of nitrogens with one attached hydrogen (secondary N) is 1. The highest BCUT2D eigenvalue weighted by molar-refractivity contribution is 9.10. The van der Waals surface area contributed by atoms with Gasteiger partial charge in [0.25, 0.3) is 0 Å². The van der Waals surface area contributed by atoms with Gasteiger partial charge in [-0.05, 0) is 18.2 Å². The Labute approximate surface area is 128 Å². The van der Waals surface area contributed by atoms with Gasteiger partial charge in [0, 0.05) is 22.6 Å². The summed E-state index contributed by atoms with van der Waals surface area (Å²) in [6, 6.07) is 4.15. The molecule has 3 nitrogen and oxygen atoms in total. The van der Waals surface area contributed by atoms with Gasteiger partial charge in [0.15, 0.2) is 0 Å². The molecule has 0 atom stereocenters. The van der Waals surface area contributed by atoms with Crippen LogP contribution in [-0.4, -0.2) is 11.0 Å². The first-order valence-electron chi connectivity index (χ1n) is 6.32. The lowest BCUT2D eigenvalue weighted by Crippen LogP contribution is -2.21. The summed E-state index contributed by atoms with van der Waals surface area (Å²) >= 11 is 3.05. The lowest BCUT2D eigenvalue weighted by molar-refractivity contribution is -0.137. The molecule has 2 rings (SSSR count). The van der Waals surface area contributed by atoms with Crippen molar-refractivity contribution < 1.29 is 17.6 Å². The topological polar surface area (TPSA) is 38.1 Å². The van der Waals surface area contributed by atoms with Crippen molar-refractivity contribution in [3.63, 3.8) is 0 Å². The molecule has 0 amide bonds. The lowest BCUT2D eigenvalue weighted by atomic mass is 10.1. The molecule has 1 aromatic heterocycles. The molecule has 0 aliphatic heterocycles. The SMILES string of the molecule is CC(C)NCc1coc(-c2ccc(Br)cc2C(F)(F)F)n1. The van der Waals surface area contributed by atoms with Gasteiger partial charge < -0.3 is 9.73 Å². The molecule has 0 spiro atoms. The Morgan fingerprint density at radius 1 is 1.33 bits per heavy atom. The zero-order valence-corrected chi connectivity index (χ0v) is 13.0. The first kappa shape index (κ1) is 16.0.